The van der Waals surface area contributed by atoms with Crippen molar-refractivity contribution in [2.24, 2.45) is 0 Å². The van der Waals surface area contributed by atoms with Gasteiger partial charge in [-0.3, -0.25) is 14.9 Å². The molecule has 21 heavy (non-hydrogen) atoms. The first-order valence-corrected chi connectivity index (χ1v) is 7.18. The SMILES string of the molecule is CC(=O)c1cc(OCCc2scnc2C)ccc1[N+](=O)[O-]. The zero-order chi connectivity index (χ0) is 15.4. The van der Waals surface area contributed by atoms with Crippen LogP contribution in [0.4, 0.5) is 5.69 Å². The highest BCUT2D eigenvalue weighted by molar-refractivity contribution is 7.09. The summed E-state index contributed by atoms with van der Waals surface area (Å²) in [5, 5.41) is 10.9. The summed E-state index contributed by atoms with van der Waals surface area (Å²) in [5.41, 5.74) is 2.63. The Morgan fingerprint density at radius 2 is 2.24 bits per heavy atom. The Balaban J connectivity index is 2.07. The molecule has 0 aliphatic rings. The van der Waals surface area contributed by atoms with Gasteiger partial charge in [0, 0.05) is 17.4 Å². The zero-order valence-corrected chi connectivity index (χ0v) is 12.5. The van der Waals surface area contributed by atoms with E-state index in [1.54, 1.807) is 16.8 Å². The van der Waals surface area contributed by atoms with Gasteiger partial charge in [-0.15, -0.1) is 11.3 Å². The molecule has 110 valence electrons. The molecule has 1 heterocycles. The van der Waals surface area contributed by atoms with E-state index in [1.165, 1.54) is 25.1 Å². The lowest BCUT2D eigenvalue weighted by Crippen LogP contribution is -2.04. The van der Waals surface area contributed by atoms with Crippen molar-refractivity contribution in [3.63, 3.8) is 0 Å². The number of aromatic nitrogens is 1. The van der Waals surface area contributed by atoms with E-state index in [2.05, 4.69) is 4.98 Å². The van der Waals surface area contributed by atoms with Crippen molar-refractivity contribution in [2.45, 2.75) is 20.3 Å². The topological polar surface area (TPSA) is 82.3 Å². The Bertz CT molecular complexity index is 681. The molecule has 0 aliphatic carbocycles. The van der Waals surface area contributed by atoms with E-state index in [-0.39, 0.29) is 17.0 Å². The average molecular weight is 306 g/mol. The lowest BCUT2D eigenvalue weighted by Gasteiger charge is -2.07. The third-order valence-electron chi connectivity index (χ3n) is 2.99. The van der Waals surface area contributed by atoms with Crippen molar-refractivity contribution in [2.75, 3.05) is 6.61 Å². The molecule has 0 saturated carbocycles. The number of hydrogen-bond donors (Lipinski definition) is 0. The number of carbonyl (C=O) groups is 1. The summed E-state index contributed by atoms with van der Waals surface area (Å²) >= 11 is 1.56. The molecule has 0 atom stereocenters. The minimum absolute atomic E-state index is 0.0615. The molecule has 6 nitrogen and oxygen atoms in total. The van der Waals surface area contributed by atoms with Crippen LogP contribution in [0.2, 0.25) is 0 Å². The number of thiazole rings is 1. The molecule has 0 saturated heterocycles. The zero-order valence-electron chi connectivity index (χ0n) is 11.7. The number of hydrogen-bond acceptors (Lipinski definition) is 6. The van der Waals surface area contributed by atoms with Gasteiger partial charge in [0.05, 0.1) is 28.3 Å². The fourth-order valence-corrected chi connectivity index (χ4v) is 2.64. The van der Waals surface area contributed by atoms with Crippen molar-refractivity contribution in [3.8, 4) is 5.75 Å². The minimum Gasteiger partial charge on any atom is -0.493 e. The fraction of sp³-hybridized carbons (Fsp3) is 0.286. The molecule has 1 aromatic carbocycles. The monoisotopic (exact) mass is 306 g/mol. The Kier molecular flexibility index (Phi) is 4.64. The van der Waals surface area contributed by atoms with Crippen molar-refractivity contribution in [1.29, 1.82) is 0 Å². The van der Waals surface area contributed by atoms with Gasteiger partial charge in [0.25, 0.3) is 5.69 Å². The Morgan fingerprint density at radius 1 is 1.48 bits per heavy atom. The van der Waals surface area contributed by atoms with Crippen molar-refractivity contribution >= 4 is 22.8 Å². The number of ether oxygens (including phenoxy) is 1. The van der Waals surface area contributed by atoms with E-state index >= 15 is 0 Å². The Hall–Kier alpha value is -2.28. The number of Topliss-reactive ketones (excluding diaryl/α,β-unsaturated/α-hetero) is 1. The highest BCUT2D eigenvalue weighted by Gasteiger charge is 2.18. The molecule has 0 radical (unpaired) electrons. The number of nitro groups is 1. The summed E-state index contributed by atoms with van der Waals surface area (Å²) in [5.74, 6) is 0.0958. The molecule has 0 amide bonds. The van der Waals surface area contributed by atoms with E-state index in [0.29, 0.717) is 18.8 Å². The molecule has 0 unspecified atom stereocenters. The Morgan fingerprint density at radius 3 is 2.81 bits per heavy atom. The van der Waals surface area contributed by atoms with Gasteiger partial charge in [0.15, 0.2) is 5.78 Å². The molecular formula is C14H14N2O4S. The summed E-state index contributed by atoms with van der Waals surface area (Å²) < 4.78 is 5.56. The fourth-order valence-electron chi connectivity index (χ4n) is 1.87. The van der Waals surface area contributed by atoms with Gasteiger partial charge < -0.3 is 4.74 Å². The lowest BCUT2D eigenvalue weighted by atomic mass is 10.1. The number of rotatable bonds is 6. The molecular weight excluding hydrogens is 292 g/mol. The second-order valence-electron chi connectivity index (χ2n) is 4.45. The first-order chi connectivity index (χ1) is 9.99. The number of benzene rings is 1. The summed E-state index contributed by atoms with van der Waals surface area (Å²) in [6, 6.07) is 4.22. The van der Waals surface area contributed by atoms with Gasteiger partial charge in [-0.25, -0.2) is 4.98 Å². The van der Waals surface area contributed by atoms with E-state index in [1.807, 2.05) is 6.92 Å². The second-order valence-corrected chi connectivity index (χ2v) is 5.39. The molecule has 0 spiro atoms. The molecule has 0 N–H and O–H groups in total. The van der Waals surface area contributed by atoms with Crippen LogP contribution in [-0.2, 0) is 6.42 Å². The quantitative estimate of drug-likeness (QED) is 0.465. The predicted octanol–water partition coefficient (Wildman–Crippen LogP) is 3.18. The normalized spacial score (nSPS) is 10.4. The van der Waals surface area contributed by atoms with E-state index < -0.39 is 4.92 Å². The summed E-state index contributed by atoms with van der Waals surface area (Å²) in [4.78, 5) is 27.0. The molecule has 0 aliphatic heterocycles. The summed E-state index contributed by atoms with van der Waals surface area (Å²) in [7, 11) is 0. The number of ketones is 1. The average Bonchev–Trinajstić information content (AvgIpc) is 2.84. The highest BCUT2D eigenvalue weighted by Crippen LogP contribution is 2.25. The van der Waals surface area contributed by atoms with Crippen LogP contribution in [0.15, 0.2) is 23.7 Å². The number of carbonyl (C=O) groups excluding carboxylic acids is 1. The first-order valence-electron chi connectivity index (χ1n) is 6.30. The van der Waals surface area contributed by atoms with Crippen molar-refractivity contribution in [3.05, 3.63) is 50.0 Å². The van der Waals surface area contributed by atoms with E-state index in [9.17, 15) is 14.9 Å². The number of nitrogens with zero attached hydrogens (tertiary/aromatic N) is 2. The standard InChI is InChI=1S/C14H14N2O4S/c1-9-14(21-8-15-9)5-6-20-11-3-4-13(16(18)19)12(7-11)10(2)17/h3-4,7-8H,5-6H2,1-2H3. The maximum atomic E-state index is 11.5. The molecule has 7 heteroatoms. The van der Waals surface area contributed by atoms with Crippen LogP contribution < -0.4 is 4.74 Å². The van der Waals surface area contributed by atoms with Crippen LogP contribution in [0.1, 0.15) is 27.9 Å². The maximum absolute atomic E-state index is 11.5. The first kappa shape index (κ1) is 15.1. The molecule has 1 aromatic heterocycles. The predicted molar refractivity (Wildman–Crippen MR) is 79.2 cm³/mol. The summed E-state index contributed by atoms with van der Waals surface area (Å²) in [6.45, 7) is 3.66. The Labute approximate surface area is 125 Å². The molecule has 2 rings (SSSR count). The highest BCUT2D eigenvalue weighted by atomic mass is 32.1. The van der Waals surface area contributed by atoms with Crippen LogP contribution in [0, 0.1) is 17.0 Å². The van der Waals surface area contributed by atoms with Gasteiger partial charge in [0.1, 0.15) is 5.75 Å². The van der Waals surface area contributed by atoms with Crippen LogP contribution in [0.25, 0.3) is 0 Å². The smallest absolute Gasteiger partial charge is 0.280 e. The third-order valence-corrected chi connectivity index (χ3v) is 3.98. The molecule has 0 bridgehead atoms. The van der Waals surface area contributed by atoms with Gasteiger partial charge >= 0.3 is 0 Å². The van der Waals surface area contributed by atoms with E-state index in [4.69, 9.17) is 4.74 Å². The van der Waals surface area contributed by atoms with E-state index in [0.717, 1.165) is 10.6 Å². The van der Waals surface area contributed by atoms with Crippen molar-refractivity contribution in [1.82, 2.24) is 4.98 Å². The molecule has 0 fully saturated rings. The maximum Gasteiger partial charge on any atom is 0.280 e. The number of nitro benzene ring substituents is 1. The van der Waals surface area contributed by atoms with Crippen molar-refractivity contribution < 1.29 is 14.5 Å². The largest absolute Gasteiger partial charge is 0.493 e. The van der Waals surface area contributed by atoms with Crippen LogP contribution in [0.5, 0.6) is 5.75 Å². The minimum atomic E-state index is -0.568. The van der Waals surface area contributed by atoms with Gasteiger partial charge in [-0.05, 0) is 26.0 Å². The summed E-state index contributed by atoms with van der Waals surface area (Å²) in [6.07, 6.45) is 0.711. The number of aryl methyl sites for hydroxylation is 1. The van der Waals surface area contributed by atoms with Crippen LogP contribution in [0.3, 0.4) is 0 Å². The lowest BCUT2D eigenvalue weighted by molar-refractivity contribution is -0.385. The van der Waals surface area contributed by atoms with Crippen LogP contribution in [-0.4, -0.2) is 22.3 Å². The van der Waals surface area contributed by atoms with Gasteiger partial charge in [-0.2, -0.15) is 0 Å². The molecule has 2 aromatic rings. The van der Waals surface area contributed by atoms with Gasteiger partial charge in [0.2, 0.25) is 0 Å². The second kappa shape index (κ2) is 6.45. The van der Waals surface area contributed by atoms with Crippen LogP contribution >= 0.6 is 11.3 Å². The van der Waals surface area contributed by atoms with Gasteiger partial charge in [-0.1, -0.05) is 0 Å². The third kappa shape index (κ3) is 3.63.